The summed E-state index contributed by atoms with van der Waals surface area (Å²) < 4.78 is 6.08. The lowest BCUT2D eigenvalue weighted by Gasteiger charge is -2.45. The molecular formula is C28H35N3O4. The Bertz CT molecular complexity index is 1110. The Morgan fingerprint density at radius 1 is 1.17 bits per heavy atom. The van der Waals surface area contributed by atoms with Gasteiger partial charge in [-0.2, -0.15) is 0 Å². The van der Waals surface area contributed by atoms with E-state index in [0.29, 0.717) is 19.4 Å². The molecule has 1 aliphatic rings. The fraction of sp³-hybridized carbons (Fsp3) is 0.429. The van der Waals surface area contributed by atoms with Gasteiger partial charge in [-0.3, -0.25) is 0 Å². The van der Waals surface area contributed by atoms with Gasteiger partial charge in [0.1, 0.15) is 5.60 Å². The van der Waals surface area contributed by atoms with Crippen molar-refractivity contribution in [3.8, 4) is 11.8 Å². The van der Waals surface area contributed by atoms with Crippen LogP contribution >= 0.6 is 0 Å². The molecule has 2 atom stereocenters. The predicted molar refractivity (Wildman–Crippen MR) is 135 cm³/mol. The summed E-state index contributed by atoms with van der Waals surface area (Å²) in [5.41, 5.74) is 5.20. The Morgan fingerprint density at radius 2 is 1.80 bits per heavy atom. The molecular weight excluding hydrogens is 442 g/mol. The van der Waals surface area contributed by atoms with Crippen LogP contribution in [0.5, 0.6) is 0 Å². The molecule has 2 unspecified atom stereocenters. The summed E-state index contributed by atoms with van der Waals surface area (Å²) in [5, 5.41) is 13.1. The average molecular weight is 478 g/mol. The van der Waals surface area contributed by atoms with E-state index in [9.17, 15) is 14.7 Å². The maximum absolute atomic E-state index is 13.2. The molecule has 35 heavy (non-hydrogen) atoms. The van der Waals surface area contributed by atoms with E-state index in [1.807, 2.05) is 61.5 Å². The van der Waals surface area contributed by atoms with Crippen LogP contribution in [0.1, 0.15) is 70.2 Å². The predicted octanol–water partition coefficient (Wildman–Crippen LogP) is 4.44. The van der Waals surface area contributed by atoms with Gasteiger partial charge in [0.05, 0.1) is 17.2 Å². The smallest absolute Gasteiger partial charge is 0.411 e. The fourth-order valence-corrected chi connectivity index (χ4v) is 4.48. The number of carbonyl (C=O) groups excluding carboxylic acids is 2. The largest absolute Gasteiger partial charge is 0.438 e. The third kappa shape index (κ3) is 6.77. The Kier molecular flexibility index (Phi) is 7.47. The fourth-order valence-electron chi connectivity index (χ4n) is 4.48. The number of nitrogens with zero attached hydrogens (tertiary/aromatic N) is 1. The first-order chi connectivity index (χ1) is 16.3. The average Bonchev–Trinajstić information content (AvgIpc) is 2.76. The highest BCUT2D eigenvalue weighted by atomic mass is 16.6. The number of hydrogen-bond acceptors (Lipinski definition) is 4. The molecule has 7 heteroatoms. The van der Waals surface area contributed by atoms with Gasteiger partial charge in [-0.05, 0) is 57.9 Å². The summed E-state index contributed by atoms with van der Waals surface area (Å²) >= 11 is 0. The summed E-state index contributed by atoms with van der Waals surface area (Å²) in [7, 11) is 0. The first-order valence-corrected chi connectivity index (χ1v) is 11.8. The molecule has 1 saturated heterocycles. The number of urea groups is 1. The first-order valence-electron chi connectivity index (χ1n) is 11.8. The minimum Gasteiger partial charge on any atom is -0.438 e. The number of hydrogen-bond donors (Lipinski definition) is 3. The van der Waals surface area contributed by atoms with Gasteiger partial charge in [-0.15, -0.1) is 0 Å². The van der Waals surface area contributed by atoms with E-state index in [1.54, 1.807) is 32.6 Å². The van der Waals surface area contributed by atoms with Gasteiger partial charge in [-0.25, -0.2) is 9.59 Å². The van der Waals surface area contributed by atoms with Crippen LogP contribution in [-0.4, -0.2) is 39.8 Å². The molecule has 0 aliphatic carbocycles. The van der Waals surface area contributed by atoms with Gasteiger partial charge >= 0.3 is 12.1 Å². The molecule has 0 radical (unpaired) electrons. The zero-order valence-electron chi connectivity index (χ0n) is 21.1. The second-order valence-electron chi connectivity index (χ2n) is 10.3. The number of cyclic esters (lactones) is 1. The van der Waals surface area contributed by atoms with Gasteiger partial charge in [0.2, 0.25) is 0 Å². The van der Waals surface area contributed by atoms with Crippen LogP contribution in [-0.2, 0) is 10.3 Å². The third-order valence-electron chi connectivity index (χ3n) is 6.11. The molecule has 3 amide bonds. The molecule has 186 valence electrons. The second kappa shape index (κ2) is 10.0. The first kappa shape index (κ1) is 26.1. The maximum atomic E-state index is 13.2. The molecule has 0 aromatic heterocycles. The van der Waals surface area contributed by atoms with E-state index in [4.69, 9.17) is 10.5 Å². The van der Waals surface area contributed by atoms with Gasteiger partial charge in [0, 0.05) is 24.9 Å². The number of aliphatic hydroxyl groups is 1. The maximum Gasteiger partial charge on any atom is 0.411 e. The standard InChI is InChI=1S/C28H35N3O4/c1-20(22-13-11-21(12-14-22)15-16-26(2,3)30-24(29)32)31-18-17-28(35-25(31)33,19-27(4,5)34)23-9-7-6-8-10-23/h6-14,20,34H,17-19H2,1-5H3,(H3,29,30,32). The van der Waals surface area contributed by atoms with Crippen LogP contribution in [0.4, 0.5) is 9.59 Å². The van der Waals surface area contributed by atoms with Crippen molar-refractivity contribution < 1.29 is 19.4 Å². The molecule has 1 aliphatic heterocycles. The third-order valence-corrected chi connectivity index (χ3v) is 6.11. The van der Waals surface area contributed by atoms with Crippen LogP contribution in [0.2, 0.25) is 0 Å². The van der Waals surface area contributed by atoms with Crippen LogP contribution in [0.15, 0.2) is 54.6 Å². The van der Waals surface area contributed by atoms with Gasteiger partial charge in [0.25, 0.3) is 0 Å². The topological polar surface area (TPSA) is 105 Å². The van der Waals surface area contributed by atoms with Gasteiger partial charge < -0.3 is 25.8 Å². The highest BCUT2D eigenvalue weighted by Crippen LogP contribution is 2.42. The van der Waals surface area contributed by atoms with Crippen LogP contribution in [0.25, 0.3) is 0 Å². The highest BCUT2D eigenvalue weighted by Gasteiger charge is 2.46. The SMILES string of the molecule is CC(c1ccc(C#CC(C)(C)NC(N)=O)cc1)N1CCC(CC(C)(C)O)(c2ccccc2)OC1=O. The normalized spacial score (nSPS) is 19.3. The minimum atomic E-state index is -0.998. The minimum absolute atomic E-state index is 0.201. The van der Waals surface area contributed by atoms with E-state index < -0.39 is 28.9 Å². The Labute approximate surface area is 207 Å². The lowest BCUT2D eigenvalue weighted by Crippen LogP contribution is -2.51. The number of primary amides is 1. The van der Waals surface area contributed by atoms with E-state index in [0.717, 1.165) is 16.7 Å². The molecule has 1 fully saturated rings. The molecule has 7 nitrogen and oxygen atoms in total. The Balaban J connectivity index is 1.75. The van der Waals surface area contributed by atoms with E-state index in [1.165, 1.54) is 0 Å². The van der Waals surface area contributed by atoms with E-state index >= 15 is 0 Å². The molecule has 2 aromatic carbocycles. The monoisotopic (exact) mass is 477 g/mol. The van der Waals surface area contributed by atoms with E-state index in [2.05, 4.69) is 17.2 Å². The van der Waals surface area contributed by atoms with Crippen molar-refractivity contribution in [1.29, 1.82) is 0 Å². The van der Waals surface area contributed by atoms with Crippen LogP contribution in [0.3, 0.4) is 0 Å². The van der Waals surface area contributed by atoms with Crippen LogP contribution < -0.4 is 11.1 Å². The lowest BCUT2D eigenvalue weighted by atomic mass is 9.80. The second-order valence-corrected chi connectivity index (χ2v) is 10.3. The quantitative estimate of drug-likeness (QED) is 0.535. The molecule has 0 bridgehead atoms. The van der Waals surface area contributed by atoms with Crippen molar-refractivity contribution in [2.24, 2.45) is 5.73 Å². The molecule has 0 spiro atoms. The molecule has 4 N–H and O–H groups in total. The van der Waals surface area contributed by atoms with Crippen molar-refractivity contribution in [2.75, 3.05) is 6.54 Å². The van der Waals surface area contributed by atoms with Crippen molar-refractivity contribution in [3.05, 3.63) is 71.3 Å². The number of nitrogens with one attached hydrogen (secondary N) is 1. The van der Waals surface area contributed by atoms with Gasteiger partial charge in [-0.1, -0.05) is 54.3 Å². The van der Waals surface area contributed by atoms with Crippen LogP contribution in [0, 0.1) is 11.8 Å². The van der Waals surface area contributed by atoms with Crippen molar-refractivity contribution in [2.45, 2.75) is 70.2 Å². The number of nitrogens with two attached hydrogens (primary N) is 1. The Hall–Kier alpha value is -3.50. The lowest BCUT2D eigenvalue weighted by molar-refractivity contribution is -0.101. The number of carbonyl (C=O) groups is 2. The van der Waals surface area contributed by atoms with E-state index in [-0.39, 0.29) is 6.04 Å². The number of rotatable bonds is 6. The summed E-state index contributed by atoms with van der Waals surface area (Å²) in [6.07, 6.45) is 0.481. The number of benzene rings is 2. The Morgan fingerprint density at radius 3 is 2.34 bits per heavy atom. The number of amides is 3. The molecule has 3 rings (SSSR count). The number of ether oxygens (including phenoxy) is 1. The van der Waals surface area contributed by atoms with Crippen molar-refractivity contribution >= 4 is 12.1 Å². The molecule has 2 aromatic rings. The summed E-state index contributed by atoms with van der Waals surface area (Å²) in [6.45, 7) is 9.48. The zero-order chi connectivity index (χ0) is 25.9. The summed E-state index contributed by atoms with van der Waals surface area (Å²) in [5.74, 6) is 6.05. The highest BCUT2D eigenvalue weighted by molar-refractivity contribution is 5.73. The molecule has 0 saturated carbocycles. The zero-order valence-corrected chi connectivity index (χ0v) is 21.1. The van der Waals surface area contributed by atoms with Crippen molar-refractivity contribution in [1.82, 2.24) is 10.2 Å². The van der Waals surface area contributed by atoms with Gasteiger partial charge in [0.15, 0.2) is 0 Å². The summed E-state index contributed by atoms with van der Waals surface area (Å²) in [6, 6.07) is 16.5. The summed E-state index contributed by atoms with van der Waals surface area (Å²) in [4.78, 5) is 26.0. The van der Waals surface area contributed by atoms with Crippen molar-refractivity contribution in [3.63, 3.8) is 0 Å². The molecule has 1 heterocycles.